The Bertz CT molecular complexity index is 1280. The number of hydrogen-bond acceptors (Lipinski definition) is 7. The molecule has 1 N–H and O–H groups in total. The number of aryl methyl sites for hydroxylation is 2. The highest BCUT2D eigenvalue weighted by atomic mass is 32.1. The summed E-state index contributed by atoms with van der Waals surface area (Å²) in [5.74, 6) is 2.90. The van der Waals surface area contributed by atoms with Gasteiger partial charge in [-0.05, 0) is 55.8 Å². The van der Waals surface area contributed by atoms with Crippen molar-refractivity contribution in [2.45, 2.75) is 13.8 Å². The zero-order valence-electron chi connectivity index (χ0n) is 18.5. The summed E-state index contributed by atoms with van der Waals surface area (Å²) in [5.41, 5.74) is 1.60. The van der Waals surface area contributed by atoms with Crippen LogP contribution < -0.4 is 15.0 Å². The highest BCUT2D eigenvalue weighted by molar-refractivity contribution is 7.20. The molecular formula is C25H24N4O3S. The summed E-state index contributed by atoms with van der Waals surface area (Å²) in [5, 5.41) is 3.95. The Morgan fingerprint density at radius 1 is 1.00 bits per heavy atom. The maximum absolute atomic E-state index is 13.1. The van der Waals surface area contributed by atoms with Crippen molar-refractivity contribution in [3.05, 3.63) is 70.9 Å². The van der Waals surface area contributed by atoms with Crippen LogP contribution in [0.2, 0.25) is 0 Å². The van der Waals surface area contributed by atoms with Gasteiger partial charge in [-0.15, -0.1) is 11.3 Å². The van der Waals surface area contributed by atoms with E-state index in [0.29, 0.717) is 35.4 Å². The Morgan fingerprint density at radius 3 is 2.42 bits per heavy atom. The largest absolute Gasteiger partial charge is 0.457 e. The predicted octanol–water partition coefficient (Wildman–Crippen LogP) is 5.19. The minimum atomic E-state index is -0.155. The number of aromatic nitrogens is 2. The zero-order valence-corrected chi connectivity index (χ0v) is 19.3. The van der Waals surface area contributed by atoms with Crippen molar-refractivity contribution in [2.75, 3.05) is 36.5 Å². The highest BCUT2D eigenvalue weighted by Gasteiger charge is 2.24. The molecule has 0 radical (unpaired) electrons. The lowest BCUT2D eigenvalue weighted by molar-refractivity contribution is 0.103. The first-order valence-electron chi connectivity index (χ1n) is 10.8. The number of nitrogens with one attached hydrogen (secondary N) is 1. The molecule has 7 nitrogen and oxygen atoms in total. The molecule has 3 heterocycles. The number of carbonyl (C=O) groups is 1. The van der Waals surface area contributed by atoms with Crippen LogP contribution in [0, 0.1) is 13.8 Å². The smallest absolute Gasteiger partial charge is 0.266 e. The summed E-state index contributed by atoms with van der Waals surface area (Å²) >= 11 is 1.40. The third kappa shape index (κ3) is 4.53. The number of benzene rings is 2. The Labute approximate surface area is 196 Å². The van der Waals surface area contributed by atoms with E-state index in [1.165, 1.54) is 11.3 Å². The van der Waals surface area contributed by atoms with Gasteiger partial charge in [0.2, 0.25) is 0 Å². The van der Waals surface area contributed by atoms with E-state index in [-0.39, 0.29) is 5.91 Å². The van der Waals surface area contributed by atoms with Gasteiger partial charge in [0.25, 0.3) is 5.91 Å². The monoisotopic (exact) mass is 460 g/mol. The lowest BCUT2D eigenvalue weighted by Crippen LogP contribution is -2.37. The lowest BCUT2D eigenvalue weighted by Gasteiger charge is -2.28. The molecule has 2 aromatic carbocycles. The van der Waals surface area contributed by atoms with Crippen LogP contribution in [-0.2, 0) is 4.74 Å². The fourth-order valence-electron chi connectivity index (χ4n) is 3.86. The van der Waals surface area contributed by atoms with Crippen molar-refractivity contribution in [1.82, 2.24) is 9.97 Å². The number of rotatable bonds is 5. The van der Waals surface area contributed by atoms with Crippen molar-refractivity contribution >= 4 is 39.0 Å². The number of nitrogens with zero attached hydrogens (tertiary/aromatic N) is 3. The summed E-state index contributed by atoms with van der Waals surface area (Å²) in [6.45, 7) is 6.75. The molecule has 0 bridgehead atoms. The third-order valence-corrected chi connectivity index (χ3v) is 6.68. The van der Waals surface area contributed by atoms with Crippen LogP contribution in [0.1, 0.15) is 21.1 Å². The molecule has 0 atom stereocenters. The van der Waals surface area contributed by atoms with Crippen molar-refractivity contribution in [1.29, 1.82) is 0 Å². The summed E-state index contributed by atoms with van der Waals surface area (Å²) in [4.78, 5) is 26.1. The van der Waals surface area contributed by atoms with Gasteiger partial charge in [0, 0.05) is 18.8 Å². The molecule has 0 spiro atoms. The van der Waals surface area contributed by atoms with Crippen molar-refractivity contribution in [3.63, 3.8) is 0 Å². The molecule has 0 unspecified atom stereocenters. The first kappa shape index (κ1) is 21.4. The average molecular weight is 461 g/mol. The first-order chi connectivity index (χ1) is 16.1. The van der Waals surface area contributed by atoms with Gasteiger partial charge in [-0.1, -0.05) is 18.2 Å². The number of carbonyl (C=O) groups excluding carboxylic acids is 1. The van der Waals surface area contributed by atoms with E-state index in [9.17, 15) is 4.79 Å². The molecule has 0 saturated carbocycles. The zero-order chi connectivity index (χ0) is 22.8. The van der Waals surface area contributed by atoms with Crippen molar-refractivity contribution in [3.8, 4) is 11.5 Å². The molecular weight excluding hydrogens is 436 g/mol. The molecule has 1 amide bonds. The summed E-state index contributed by atoms with van der Waals surface area (Å²) in [6, 6.07) is 16.9. The predicted molar refractivity (Wildman–Crippen MR) is 131 cm³/mol. The van der Waals surface area contributed by atoms with Gasteiger partial charge < -0.3 is 19.7 Å². The Hall–Kier alpha value is -3.49. The van der Waals surface area contributed by atoms with Gasteiger partial charge in [-0.2, -0.15) is 0 Å². The van der Waals surface area contributed by atoms with E-state index in [1.54, 1.807) is 0 Å². The van der Waals surface area contributed by atoms with Gasteiger partial charge in [0.1, 0.15) is 28.0 Å². The number of para-hydroxylation sites is 1. The van der Waals surface area contributed by atoms with Crippen LogP contribution in [0.15, 0.2) is 54.6 Å². The van der Waals surface area contributed by atoms with Gasteiger partial charge in [-0.3, -0.25) is 4.79 Å². The standard InChI is InChI=1S/C25H24N4O3S/c1-16-21-23(29-12-14-31-15-13-29)26-17(2)27-25(21)33-22(16)24(30)28-18-8-10-20(11-9-18)32-19-6-4-3-5-7-19/h3-11H,12-15H2,1-2H3,(H,28,30). The first-order valence-corrected chi connectivity index (χ1v) is 11.6. The molecule has 4 aromatic rings. The topological polar surface area (TPSA) is 76.6 Å². The SMILES string of the molecule is Cc1nc(N2CCOCC2)c2c(C)c(C(=O)Nc3ccc(Oc4ccccc4)cc3)sc2n1. The molecule has 2 aromatic heterocycles. The van der Waals surface area contributed by atoms with Crippen LogP contribution in [0.3, 0.4) is 0 Å². The molecule has 0 aliphatic carbocycles. The van der Waals surface area contributed by atoms with Gasteiger partial charge >= 0.3 is 0 Å². The van der Waals surface area contributed by atoms with E-state index < -0.39 is 0 Å². The quantitative estimate of drug-likeness (QED) is 0.442. The number of anilines is 2. The fourth-order valence-corrected chi connectivity index (χ4v) is 4.98. The van der Waals surface area contributed by atoms with Crippen molar-refractivity contribution < 1.29 is 14.3 Å². The van der Waals surface area contributed by atoms with E-state index in [1.807, 2.05) is 68.4 Å². The molecule has 1 aliphatic heterocycles. The molecule has 1 saturated heterocycles. The number of amides is 1. The minimum Gasteiger partial charge on any atom is -0.457 e. The van der Waals surface area contributed by atoms with Gasteiger partial charge in [0.05, 0.1) is 23.5 Å². The lowest BCUT2D eigenvalue weighted by atomic mass is 10.1. The van der Waals surface area contributed by atoms with Crippen LogP contribution in [0.25, 0.3) is 10.2 Å². The van der Waals surface area contributed by atoms with Gasteiger partial charge in [0.15, 0.2) is 0 Å². The number of hydrogen-bond donors (Lipinski definition) is 1. The van der Waals surface area contributed by atoms with E-state index >= 15 is 0 Å². The summed E-state index contributed by atoms with van der Waals surface area (Å²) in [7, 11) is 0. The van der Waals surface area contributed by atoms with Crippen molar-refractivity contribution in [2.24, 2.45) is 0 Å². The third-order valence-electron chi connectivity index (χ3n) is 5.49. The second-order valence-corrected chi connectivity index (χ2v) is 8.82. The molecule has 168 valence electrons. The highest BCUT2D eigenvalue weighted by Crippen LogP contribution is 2.36. The maximum Gasteiger partial charge on any atom is 0.266 e. The minimum absolute atomic E-state index is 0.155. The van der Waals surface area contributed by atoms with Crippen LogP contribution in [0.5, 0.6) is 11.5 Å². The normalized spacial score (nSPS) is 13.8. The number of thiophene rings is 1. The second kappa shape index (κ2) is 9.17. The van der Waals surface area contributed by atoms with E-state index in [4.69, 9.17) is 14.5 Å². The molecule has 5 rings (SSSR count). The van der Waals surface area contributed by atoms with Crippen LogP contribution in [-0.4, -0.2) is 42.2 Å². The van der Waals surface area contributed by atoms with Gasteiger partial charge in [-0.25, -0.2) is 9.97 Å². The Balaban J connectivity index is 1.38. The Kier molecular flexibility index (Phi) is 5.93. The second-order valence-electron chi connectivity index (χ2n) is 7.82. The summed E-state index contributed by atoms with van der Waals surface area (Å²) < 4.78 is 11.3. The molecule has 1 aliphatic rings. The number of morpholine rings is 1. The van der Waals surface area contributed by atoms with Crippen LogP contribution in [0.4, 0.5) is 11.5 Å². The molecule has 8 heteroatoms. The van der Waals surface area contributed by atoms with Crippen LogP contribution >= 0.6 is 11.3 Å². The summed E-state index contributed by atoms with van der Waals surface area (Å²) in [6.07, 6.45) is 0. The molecule has 1 fully saturated rings. The average Bonchev–Trinajstić information content (AvgIpc) is 3.17. The van der Waals surface area contributed by atoms with E-state index in [0.717, 1.165) is 40.4 Å². The number of ether oxygens (including phenoxy) is 2. The molecule has 33 heavy (non-hydrogen) atoms. The fraction of sp³-hybridized carbons (Fsp3) is 0.240. The number of fused-ring (bicyclic) bond motifs is 1. The Morgan fingerprint density at radius 2 is 1.70 bits per heavy atom. The van der Waals surface area contributed by atoms with E-state index in [2.05, 4.69) is 15.2 Å². The maximum atomic E-state index is 13.1.